The summed E-state index contributed by atoms with van der Waals surface area (Å²) in [4.78, 5) is 0. The Bertz CT molecular complexity index is 194. The van der Waals surface area contributed by atoms with Crippen molar-refractivity contribution < 1.29 is 5.21 Å². The van der Waals surface area contributed by atoms with Crippen LogP contribution in [0.3, 0.4) is 0 Å². The van der Waals surface area contributed by atoms with Crippen molar-refractivity contribution in [3.8, 4) is 0 Å². The lowest BCUT2D eigenvalue weighted by Gasteiger charge is -2.29. The van der Waals surface area contributed by atoms with Gasteiger partial charge in [0.1, 0.15) is 0 Å². The van der Waals surface area contributed by atoms with Gasteiger partial charge in [0.2, 0.25) is 0 Å². The molecule has 2 nitrogen and oxygen atoms in total. The molecule has 1 saturated carbocycles. The van der Waals surface area contributed by atoms with Crippen LogP contribution >= 0.6 is 0 Å². The van der Waals surface area contributed by atoms with Crippen molar-refractivity contribution in [3.63, 3.8) is 0 Å². The van der Waals surface area contributed by atoms with E-state index in [0.29, 0.717) is 11.8 Å². The molecule has 0 unspecified atom stereocenters. The van der Waals surface area contributed by atoms with Crippen LogP contribution in [0, 0.1) is 17.3 Å². The molecular weight excluding hydrogens is 150 g/mol. The maximum atomic E-state index is 8.79. The lowest BCUT2D eigenvalue weighted by atomic mass is 9.75. The van der Waals surface area contributed by atoms with Gasteiger partial charge in [-0.05, 0) is 24.7 Å². The fourth-order valence-corrected chi connectivity index (χ4v) is 2.53. The molecule has 0 aromatic rings. The summed E-state index contributed by atoms with van der Waals surface area (Å²) in [6, 6.07) is 0. The first kappa shape index (κ1) is 9.56. The van der Waals surface area contributed by atoms with E-state index < -0.39 is 0 Å². The van der Waals surface area contributed by atoms with Gasteiger partial charge in [-0.25, -0.2) is 0 Å². The van der Waals surface area contributed by atoms with Crippen LogP contribution in [0.4, 0.5) is 0 Å². The van der Waals surface area contributed by atoms with E-state index in [4.69, 9.17) is 5.21 Å². The zero-order valence-corrected chi connectivity index (χ0v) is 8.46. The lowest BCUT2D eigenvalue weighted by molar-refractivity contribution is 0.242. The van der Waals surface area contributed by atoms with E-state index in [-0.39, 0.29) is 5.41 Å². The van der Waals surface area contributed by atoms with Crippen molar-refractivity contribution in [2.75, 3.05) is 0 Å². The maximum Gasteiger partial charge on any atom is 0.0629 e. The number of oxime groups is 1. The molecule has 1 aliphatic carbocycles. The quantitative estimate of drug-likeness (QED) is 0.475. The Labute approximate surface area is 74.7 Å². The van der Waals surface area contributed by atoms with Crippen LogP contribution in [0.1, 0.15) is 40.5 Å². The van der Waals surface area contributed by atoms with Crippen molar-refractivity contribution in [1.82, 2.24) is 0 Å². The Kier molecular flexibility index (Phi) is 2.45. The van der Waals surface area contributed by atoms with Crippen molar-refractivity contribution >= 4 is 5.71 Å². The Morgan fingerprint density at radius 2 is 2.08 bits per heavy atom. The van der Waals surface area contributed by atoms with Gasteiger partial charge in [-0.15, -0.1) is 0 Å². The fraction of sp³-hybridized carbons (Fsp3) is 0.900. The average molecular weight is 169 g/mol. The minimum atomic E-state index is 0.100. The lowest BCUT2D eigenvalue weighted by Crippen LogP contribution is -2.28. The number of rotatable bonds is 1. The van der Waals surface area contributed by atoms with E-state index in [1.165, 1.54) is 6.42 Å². The van der Waals surface area contributed by atoms with Crippen LogP contribution in [0.15, 0.2) is 5.16 Å². The summed E-state index contributed by atoms with van der Waals surface area (Å²) in [6.07, 6.45) is 2.14. The van der Waals surface area contributed by atoms with Gasteiger partial charge in [-0.3, -0.25) is 0 Å². The van der Waals surface area contributed by atoms with E-state index in [0.717, 1.165) is 12.1 Å². The highest BCUT2D eigenvalue weighted by molar-refractivity contribution is 5.91. The van der Waals surface area contributed by atoms with E-state index >= 15 is 0 Å². The molecule has 0 aromatic carbocycles. The largest absolute Gasteiger partial charge is 0.411 e. The summed E-state index contributed by atoms with van der Waals surface area (Å²) in [7, 11) is 0. The second-order valence-corrected chi connectivity index (χ2v) is 4.66. The third kappa shape index (κ3) is 1.35. The van der Waals surface area contributed by atoms with Crippen LogP contribution in [0.5, 0.6) is 0 Å². The van der Waals surface area contributed by atoms with Crippen molar-refractivity contribution in [1.29, 1.82) is 0 Å². The smallest absolute Gasteiger partial charge is 0.0629 e. The van der Waals surface area contributed by atoms with Gasteiger partial charge in [-0.2, -0.15) is 0 Å². The number of hydrogen-bond donors (Lipinski definition) is 1. The minimum absolute atomic E-state index is 0.100. The van der Waals surface area contributed by atoms with E-state index in [2.05, 4.69) is 32.9 Å². The molecule has 0 spiro atoms. The molecule has 70 valence electrons. The molecular formula is C10H19NO. The fourth-order valence-electron chi connectivity index (χ4n) is 2.53. The molecule has 1 atom stereocenters. The molecule has 0 bridgehead atoms. The number of hydrogen-bond acceptors (Lipinski definition) is 2. The van der Waals surface area contributed by atoms with E-state index in [9.17, 15) is 0 Å². The van der Waals surface area contributed by atoms with Gasteiger partial charge in [0.25, 0.3) is 0 Å². The highest BCUT2D eigenvalue weighted by atomic mass is 16.4. The zero-order chi connectivity index (χ0) is 9.35. The third-order valence-corrected chi connectivity index (χ3v) is 3.29. The second-order valence-electron chi connectivity index (χ2n) is 4.66. The highest BCUT2D eigenvalue weighted by Gasteiger charge is 2.41. The first-order chi connectivity index (χ1) is 5.50. The predicted molar refractivity (Wildman–Crippen MR) is 50.6 cm³/mol. The van der Waals surface area contributed by atoms with Gasteiger partial charge in [0.15, 0.2) is 0 Å². The molecule has 0 amide bonds. The van der Waals surface area contributed by atoms with Crippen LogP contribution < -0.4 is 0 Å². The van der Waals surface area contributed by atoms with Crippen LogP contribution in [-0.2, 0) is 0 Å². The molecule has 1 N–H and O–H groups in total. The molecule has 0 radical (unpaired) electrons. The summed E-state index contributed by atoms with van der Waals surface area (Å²) in [5.74, 6) is 1.35. The SMILES string of the molecule is CC(C)[C@H]1CC/C(=N\O)C1(C)C. The Morgan fingerprint density at radius 3 is 2.33 bits per heavy atom. The standard InChI is InChI=1S/C10H19NO/c1-7(2)8-5-6-9(11-12)10(8,3)4/h7-8,12H,5-6H2,1-4H3/b11-9+/t8-/m1/s1. The first-order valence-electron chi connectivity index (χ1n) is 4.71. The molecule has 1 rings (SSSR count). The van der Waals surface area contributed by atoms with Crippen molar-refractivity contribution in [3.05, 3.63) is 0 Å². The molecule has 2 heteroatoms. The zero-order valence-electron chi connectivity index (χ0n) is 8.46. The van der Waals surface area contributed by atoms with Crippen molar-refractivity contribution in [2.45, 2.75) is 40.5 Å². The van der Waals surface area contributed by atoms with Gasteiger partial charge >= 0.3 is 0 Å². The van der Waals surface area contributed by atoms with Gasteiger partial charge in [0, 0.05) is 5.41 Å². The molecule has 0 aliphatic heterocycles. The summed E-state index contributed by atoms with van der Waals surface area (Å²) >= 11 is 0. The van der Waals surface area contributed by atoms with Crippen LogP contribution in [0.2, 0.25) is 0 Å². The highest BCUT2D eigenvalue weighted by Crippen LogP contribution is 2.44. The molecule has 12 heavy (non-hydrogen) atoms. The minimum Gasteiger partial charge on any atom is -0.411 e. The summed E-state index contributed by atoms with van der Waals surface area (Å²) in [5, 5.41) is 12.2. The monoisotopic (exact) mass is 169 g/mol. The summed E-state index contributed by atoms with van der Waals surface area (Å²) in [5.41, 5.74) is 1.07. The summed E-state index contributed by atoms with van der Waals surface area (Å²) in [6.45, 7) is 8.85. The molecule has 1 fully saturated rings. The van der Waals surface area contributed by atoms with E-state index in [1.807, 2.05) is 0 Å². The van der Waals surface area contributed by atoms with Gasteiger partial charge in [0.05, 0.1) is 5.71 Å². The maximum absolute atomic E-state index is 8.79. The second kappa shape index (κ2) is 3.08. The average Bonchev–Trinajstić information content (AvgIpc) is 2.24. The molecule has 0 heterocycles. The normalized spacial score (nSPS) is 31.8. The van der Waals surface area contributed by atoms with E-state index in [1.54, 1.807) is 0 Å². The molecule has 0 saturated heterocycles. The third-order valence-electron chi connectivity index (χ3n) is 3.29. The van der Waals surface area contributed by atoms with Crippen LogP contribution in [0.25, 0.3) is 0 Å². The molecule has 1 aliphatic rings. The van der Waals surface area contributed by atoms with Crippen LogP contribution in [-0.4, -0.2) is 10.9 Å². The Morgan fingerprint density at radius 1 is 1.50 bits per heavy atom. The van der Waals surface area contributed by atoms with Crippen molar-refractivity contribution in [2.24, 2.45) is 22.4 Å². The number of nitrogens with zero attached hydrogens (tertiary/aromatic N) is 1. The Balaban J connectivity index is 2.85. The predicted octanol–water partition coefficient (Wildman–Crippen LogP) is 2.91. The Hall–Kier alpha value is -0.530. The molecule has 0 aromatic heterocycles. The van der Waals surface area contributed by atoms with Gasteiger partial charge in [-0.1, -0.05) is 32.9 Å². The summed E-state index contributed by atoms with van der Waals surface area (Å²) < 4.78 is 0. The first-order valence-corrected chi connectivity index (χ1v) is 4.71. The topological polar surface area (TPSA) is 32.6 Å². The van der Waals surface area contributed by atoms with Gasteiger partial charge < -0.3 is 5.21 Å².